The molecule has 0 fully saturated rings. The average molecular weight is 357 g/mol. The molecule has 0 radical (unpaired) electrons. The van der Waals surface area contributed by atoms with Gasteiger partial charge in [0.25, 0.3) is 5.08 Å². The smallest absolute Gasteiger partial charge is 0.369 e. The lowest BCUT2D eigenvalue weighted by atomic mass is 10.2. The second kappa shape index (κ2) is 6.84. The van der Waals surface area contributed by atoms with Crippen molar-refractivity contribution in [3.05, 3.63) is 30.1 Å². The minimum atomic E-state index is -5.48. The summed E-state index contributed by atoms with van der Waals surface area (Å²) >= 11 is 0. The number of hydrogen-bond acceptors (Lipinski definition) is 5. The zero-order valence-corrected chi connectivity index (χ0v) is 13.2. The maximum Gasteiger partial charge on any atom is 0.369 e. The average Bonchev–Trinajstić information content (AvgIpc) is 2.38. The molecule has 0 aliphatic heterocycles. The van der Waals surface area contributed by atoms with Crippen molar-refractivity contribution >= 4 is 15.2 Å². The molecule has 0 aliphatic rings. The van der Waals surface area contributed by atoms with E-state index >= 15 is 0 Å². The molecule has 22 heavy (non-hydrogen) atoms. The van der Waals surface area contributed by atoms with Gasteiger partial charge in [0.15, 0.2) is 18.9 Å². The highest BCUT2D eigenvalue weighted by atomic mass is 31.2. The third-order valence-electron chi connectivity index (χ3n) is 3.03. The standard InChI is InChI=1S/C10H18N2O8P2/c11-6-9(13)7-12-3-1-8(2-4-12)5-10(14,21(15,16)17)22(18,19)20/h1-4,9,13-14H,5-7,11H2,(H3-,15,16,17,18,19,20)/p+1. The van der Waals surface area contributed by atoms with Crippen LogP contribution in [0.2, 0.25) is 0 Å². The van der Waals surface area contributed by atoms with Crippen LogP contribution in [-0.2, 0) is 22.1 Å². The molecular weight excluding hydrogens is 338 g/mol. The van der Waals surface area contributed by atoms with Crippen LogP contribution in [0.15, 0.2) is 24.5 Å². The predicted octanol–water partition coefficient (Wildman–Crippen LogP) is -2.16. The van der Waals surface area contributed by atoms with Gasteiger partial charge >= 0.3 is 15.2 Å². The summed E-state index contributed by atoms with van der Waals surface area (Å²) in [5.74, 6) is 0. The van der Waals surface area contributed by atoms with Crippen molar-refractivity contribution in [1.29, 1.82) is 0 Å². The second-order valence-electron chi connectivity index (χ2n) is 4.83. The van der Waals surface area contributed by atoms with E-state index < -0.39 is 32.8 Å². The molecule has 0 aromatic carbocycles. The highest BCUT2D eigenvalue weighted by Gasteiger charge is 2.59. The summed E-state index contributed by atoms with van der Waals surface area (Å²) < 4.78 is 24.0. The molecule has 0 amide bonds. The third kappa shape index (κ3) is 4.42. The van der Waals surface area contributed by atoms with E-state index in [2.05, 4.69) is 0 Å². The molecule has 1 aromatic rings. The van der Waals surface area contributed by atoms with Crippen LogP contribution in [0.1, 0.15) is 5.56 Å². The summed E-state index contributed by atoms with van der Waals surface area (Å²) in [5.41, 5.74) is 5.36. The van der Waals surface area contributed by atoms with Crippen LogP contribution < -0.4 is 10.3 Å². The Hall–Kier alpha value is -0.670. The van der Waals surface area contributed by atoms with E-state index in [9.17, 15) is 19.3 Å². The quantitative estimate of drug-likeness (QED) is 0.211. The Morgan fingerprint density at radius 2 is 1.59 bits per heavy atom. The monoisotopic (exact) mass is 357 g/mol. The van der Waals surface area contributed by atoms with Gasteiger partial charge in [-0.15, -0.1) is 0 Å². The van der Waals surface area contributed by atoms with Gasteiger partial charge in [0.1, 0.15) is 6.10 Å². The van der Waals surface area contributed by atoms with Gasteiger partial charge in [0, 0.05) is 25.1 Å². The highest BCUT2D eigenvalue weighted by Crippen LogP contribution is 2.68. The lowest BCUT2D eigenvalue weighted by molar-refractivity contribution is -0.703. The fourth-order valence-electron chi connectivity index (χ4n) is 1.70. The van der Waals surface area contributed by atoms with Crippen molar-refractivity contribution in [1.82, 2.24) is 0 Å². The van der Waals surface area contributed by atoms with Crippen molar-refractivity contribution in [3.8, 4) is 0 Å². The summed E-state index contributed by atoms with van der Waals surface area (Å²) in [6.07, 6.45) is 1.14. The van der Waals surface area contributed by atoms with Crippen molar-refractivity contribution < 1.29 is 43.5 Å². The summed E-state index contributed by atoms with van der Waals surface area (Å²) in [6.45, 7) is 0.225. The molecule has 0 saturated carbocycles. The highest BCUT2D eigenvalue weighted by molar-refractivity contribution is 7.72. The fourth-order valence-corrected chi connectivity index (χ4v) is 3.83. The van der Waals surface area contributed by atoms with E-state index in [1.165, 1.54) is 29.1 Å². The Balaban J connectivity index is 3.02. The zero-order chi connectivity index (χ0) is 17.2. The van der Waals surface area contributed by atoms with Gasteiger partial charge in [-0.05, 0) is 5.56 Å². The molecule has 0 aliphatic carbocycles. The van der Waals surface area contributed by atoms with Crippen LogP contribution in [-0.4, -0.2) is 47.5 Å². The second-order valence-corrected chi connectivity index (χ2v) is 8.84. The van der Waals surface area contributed by atoms with Gasteiger partial charge in [-0.1, -0.05) is 0 Å². The maximum atomic E-state index is 11.3. The van der Waals surface area contributed by atoms with Crippen LogP contribution in [0.3, 0.4) is 0 Å². The van der Waals surface area contributed by atoms with Crippen molar-refractivity contribution in [2.75, 3.05) is 6.54 Å². The Morgan fingerprint density at radius 3 is 1.95 bits per heavy atom. The Kier molecular flexibility index (Phi) is 6.02. The largest absolute Gasteiger partial charge is 0.385 e. The molecule has 10 nitrogen and oxygen atoms in total. The summed E-state index contributed by atoms with van der Waals surface area (Å²) in [5, 5.41) is 15.7. The van der Waals surface area contributed by atoms with Gasteiger partial charge in [-0.25, -0.2) is 4.57 Å². The van der Waals surface area contributed by atoms with E-state index in [1.807, 2.05) is 0 Å². The zero-order valence-electron chi connectivity index (χ0n) is 11.4. The summed E-state index contributed by atoms with van der Waals surface area (Å²) in [6, 6.07) is 2.64. The first kappa shape index (κ1) is 19.4. The molecule has 1 rings (SSSR count). The molecule has 8 N–H and O–H groups in total. The molecule has 0 bridgehead atoms. The maximum absolute atomic E-state index is 11.3. The SMILES string of the molecule is NCC(O)C[n+]1ccc(CC(O)(P(=O)(O)O)P(=O)(O)O)cc1. The van der Waals surface area contributed by atoms with Gasteiger partial charge in [0.2, 0.25) is 0 Å². The van der Waals surface area contributed by atoms with Crippen LogP contribution in [0.5, 0.6) is 0 Å². The third-order valence-corrected chi connectivity index (χ3v) is 6.77. The molecule has 1 atom stereocenters. The van der Waals surface area contributed by atoms with Crippen molar-refractivity contribution in [3.63, 3.8) is 0 Å². The van der Waals surface area contributed by atoms with E-state index in [1.54, 1.807) is 0 Å². The lowest BCUT2D eigenvalue weighted by Crippen LogP contribution is -2.42. The first-order valence-corrected chi connectivity index (χ1v) is 9.33. The first-order chi connectivity index (χ1) is 9.90. The van der Waals surface area contributed by atoms with E-state index in [4.69, 9.17) is 25.3 Å². The number of aromatic nitrogens is 1. The molecule has 1 aromatic heterocycles. The first-order valence-electron chi connectivity index (χ1n) is 6.10. The number of rotatable bonds is 7. The normalized spacial score (nSPS) is 14.9. The number of nitrogens with zero attached hydrogens (tertiary/aromatic N) is 1. The molecule has 12 heteroatoms. The minimum absolute atomic E-state index is 0.0465. The van der Waals surface area contributed by atoms with Crippen molar-refractivity contribution in [2.24, 2.45) is 5.73 Å². The molecular formula is C10H19N2O8P2+. The van der Waals surface area contributed by atoms with Gasteiger partial charge in [-0.2, -0.15) is 0 Å². The van der Waals surface area contributed by atoms with E-state index in [-0.39, 0.29) is 18.7 Å². The predicted molar refractivity (Wildman–Crippen MR) is 74.4 cm³/mol. The van der Waals surface area contributed by atoms with Crippen molar-refractivity contribution in [2.45, 2.75) is 24.2 Å². The minimum Gasteiger partial charge on any atom is -0.385 e. The Labute approximate surface area is 126 Å². The molecule has 1 heterocycles. The number of nitrogens with two attached hydrogens (primary N) is 1. The summed E-state index contributed by atoms with van der Waals surface area (Å²) in [7, 11) is -11.0. The fraction of sp³-hybridized carbons (Fsp3) is 0.500. The molecule has 0 saturated heterocycles. The number of pyridine rings is 1. The van der Waals surface area contributed by atoms with Crippen LogP contribution in [0.25, 0.3) is 0 Å². The number of hydrogen-bond donors (Lipinski definition) is 7. The van der Waals surface area contributed by atoms with E-state index in [0.29, 0.717) is 0 Å². The van der Waals surface area contributed by atoms with E-state index in [0.717, 1.165) is 0 Å². The van der Waals surface area contributed by atoms with Gasteiger partial charge in [0.05, 0.1) is 0 Å². The van der Waals surface area contributed by atoms with Gasteiger partial charge in [-0.3, -0.25) is 9.13 Å². The van der Waals surface area contributed by atoms with Crippen LogP contribution in [0.4, 0.5) is 0 Å². The number of aliphatic hydroxyl groups excluding tert-OH is 1. The molecule has 1 unspecified atom stereocenters. The van der Waals surface area contributed by atoms with Gasteiger partial charge < -0.3 is 35.5 Å². The Bertz CT molecular complexity index is 573. The lowest BCUT2D eigenvalue weighted by Gasteiger charge is -2.29. The topological polar surface area (TPSA) is 185 Å². The summed E-state index contributed by atoms with van der Waals surface area (Å²) in [4.78, 5) is 36.2. The molecule has 0 spiro atoms. The Morgan fingerprint density at radius 1 is 1.14 bits per heavy atom. The van der Waals surface area contributed by atoms with Crippen LogP contribution >= 0.6 is 15.2 Å². The molecule has 126 valence electrons. The number of aliphatic hydroxyl groups is 2. The van der Waals surface area contributed by atoms with Crippen LogP contribution in [0, 0.1) is 0 Å².